The summed E-state index contributed by atoms with van der Waals surface area (Å²) >= 11 is 0. The fourth-order valence-corrected chi connectivity index (χ4v) is 9.09. The molecule has 0 saturated heterocycles. The lowest BCUT2D eigenvalue weighted by atomic mass is 9.44. The Kier molecular flexibility index (Phi) is 6.00. The molecule has 0 aliphatic heterocycles. The number of hydrogen-bond acceptors (Lipinski definition) is 3. The van der Waals surface area contributed by atoms with Crippen LogP contribution in [0.2, 0.25) is 0 Å². The van der Waals surface area contributed by atoms with E-state index in [-0.39, 0.29) is 12.1 Å². The van der Waals surface area contributed by atoms with Crippen LogP contribution in [0, 0.1) is 46.3 Å². The van der Waals surface area contributed by atoms with E-state index in [1.807, 2.05) is 0 Å². The van der Waals surface area contributed by atoms with Gasteiger partial charge in [-0.3, -0.25) is 9.59 Å². The number of aliphatic carboxylic acids is 1. The van der Waals surface area contributed by atoms with Crippen LogP contribution in [0.15, 0.2) is 0 Å². The predicted molar refractivity (Wildman–Crippen MR) is 117 cm³/mol. The molecule has 0 aromatic rings. The number of carbonyl (C=O) groups is 2. The molecular weight excluding hydrogens is 376 g/mol. The molecule has 1 N–H and O–H groups in total. The van der Waals surface area contributed by atoms with Crippen molar-refractivity contribution in [2.24, 2.45) is 46.3 Å². The van der Waals surface area contributed by atoms with Crippen LogP contribution >= 0.6 is 0 Å². The minimum absolute atomic E-state index is 0.125. The zero-order valence-electron chi connectivity index (χ0n) is 19.5. The minimum Gasteiger partial charge on any atom is -0.481 e. The van der Waals surface area contributed by atoms with E-state index < -0.39 is 5.97 Å². The average molecular weight is 419 g/mol. The van der Waals surface area contributed by atoms with Crippen molar-refractivity contribution in [3.63, 3.8) is 0 Å². The zero-order chi connectivity index (χ0) is 21.7. The molecule has 4 aliphatic rings. The molecule has 0 unspecified atom stereocenters. The quantitative estimate of drug-likeness (QED) is 0.550. The van der Waals surface area contributed by atoms with Gasteiger partial charge < -0.3 is 9.84 Å². The third kappa shape index (κ3) is 3.71. The lowest BCUT2D eigenvalue weighted by molar-refractivity contribution is -0.160. The second-order valence-electron chi connectivity index (χ2n) is 11.8. The second-order valence-corrected chi connectivity index (χ2v) is 11.8. The van der Waals surface area contributed by atoms with Gasteiger partial charge in [-0.15, -0.1) is 0 Å². The third-order valence-electron chi connectivity index (χ3n) is 10.5. The van der Waals surface area contributed by atoms with Gasteiger partial charge in [0.15, 0.2) is 0 Å². The van der Waals surface area contributed by atoms with Crippen LogP contribution in [0.3, 0.4) is 0 Å². The Hall–Kier alpha value is -1.06. The van der Waals surface area contributed by atoms with Crippen LogP contribution in [-0.4, -0.2) is 23.1 Å². The highest BCUT2D eigenvalue weighted by molar-refractivity contribution is 5.66. The smallest absolute Gasteiger partial charge is 0.303 e. The molecule has 4 nitrogen and oxygen atoms in total. The zero-order valence-corrected chi connectivity index (χ0v) is 19.5. The fraction of sp³-hybridized carbons (Fsp3) is 0.923. The van der Waals surface area contributed by atoms with Crippen molar-refractivity contribution < 1.29 is 19.4 Å². The van der Waals surface area contributed by atoms with Crippen molar-refractivity contribution in [2.75, 3.05) is 0 Å². The molecule has 0 aromatic heterocycles. The Morgan fingerprint density at radius 2 is 1.70 bits per heavy atom. The molecule has 0 spiro atoms. The monoisotopic (exact) mass is 418 g/mol. The summed E-state index contributed by atoms with van der Waals surface area (Å²) < 4.78 is 5.61. The van der Waals surface area contributed by atoms with E-state index in [0.29, 0.717) is 35.0 Å². The average Bonchev–Trinajstić information content (AvgIpc) is 3.03. The first-order chi connectivity index (χ1) is 14.1. The Bertz CT molecular complexity index is 674. The number of ether oxygens (including phenoxy) is 1. The van der Waals surface area contributed by atoms with Gasteiger partial charge in [0.25, 0.3) is 0 Å². The number of carbonyl (C=O) groups excluding carboxylic acids is 1. The topological polar surface area (TPSA) is 63.6 Å². The molecule has 170 valence electrons. The highest BCUT2D eigenvalue weighted by Gasteiger charge is 2.60. The van der Waals surface area contributed by atoms with E-state index in [4.69, 9.17) is 9.84 Å². The van der Waals surface area contributed by atoms with Gasteiger partial charge in [-0.05, 0) is 111 Å². The molecule has 0 bridgehead atoms. The summed E-state index contributed by atoms with van der Waals surface area (Å²) in [5.41, 5.74) is 0.811. The van der Waals surface area contributed by atoms with Crippen LogP contribution < -0.4 is 0 Å². The van der Waals surface area contributed by atoms with E-state index in [9.17, 15) is 9.59 Å². The number of rotatable bonds is 5. The Morgan fingerprint density at radius 1 is 1.00 bits per heavy atom. The first-order valence-electron chi connectivity index (χ1n) is 12.5. The van der Waals surface area contributed by atoms with Crippen LogP contribution in [0.4, 0.5) is 0 Å². The third-order valence-corrected chi connectivity index (χ3v) is 10.5. The van der Waals surface area contributed by atoms with E-state index in [1.54, 1.807) is 6.92 Å². The van der Waals surface area contributed by atoms with Crippen molar-refractivity contribution in [2.45, 2.75) is 104 Å². The molecule has 4 aliphatic carbocycles. The summed E-state index contributed by atoms with van der Waals surface area (Å²) in [7, 11) is 0. The number of fused-ring (bicyclic) bond motifs is 5. The second kappa shape index (κ2) is 8.13. The van der Waals surface area contributed by atoms with Gasteiger partial charge in [-0.2, -0.15) is 0 Å². The molecule has 9 atom stereocenters. The predicted octanol–water partition coefficient (Wildman–Crippen LogP) is 6.08. The molecule has 0 heterocycles. The first kappa shape index (κ1) is 22.1. The van der Waals surface area contributed by atoms with Crippen molar-refractivity contribution in [3.05, 3.63) is 0 Å². The van der Waals surface area contributed by atoms with E-state index in [1.165, 1.54) is 44.9 Å². The van der Waals surface area contributed by atoms with Gasteiger partial charge in [-0.1, -0.05) is 20.8 Å². The van der Waals surface area contributed by atoms with Crippen LogP contribution in [0.1, 0.15) is 98.3 Å². The molecule has 4 saturated carbocycles. The number of esters is 1. The van der Waals surface area contributed by atoms with Gasteiger partial charge in [-0.25, -0.2) is 0 Å². The molecular formula is C26H42O4. The van der Waals surface area contributed by atoms with Crippen molar-refractivity contribution in [3.8, 4) is 0 Å². The molecule has 30 heavy (non-hydrogen) atoms. The Balaban J connectivity index is 1.47. The van der Waals surface area contributed by atoms with E-state index >= 15 is 0 Å². The van der Waals surface area contributed by atoms with Gasteiger partial charge in [0.2, 0.25) is 0 Å². The van der Waals surface area contributed by atoms with Crippen molar-refractivity contribution in [1.29, 1.82) is 0 Å². The summed E-state index contributed by atoms with van der Waals surface area (Å²) in [6.07, 6.45) is 12.5. The highest BCUT2D eigenvalue weighted by Crippen LogP contribution is 2.68. The molecule has 4 rings (SSSR count). The maximum Gasteiger partial charge on any atom is 0.303 e. The Morgan fingerprint density at radius 3 is 2.40 bits per heavy atom. The minimum atomic E-state index is -0.652. The Labute approximate surface area is 182 Å². The normalized spacial score (nSPS) is 46.3. The van der Waals surface area contributed by atoms with Gasteiger partial charge >= 0.3 is 11.9 Å². The van der Waals surface area contributed by atoms with Crippen molar-refractivity contribution in [1.82, 2.24) is 0 Å². The number of hydrogen-bond donors (Lipinski definition) is 1. The van der Waals surface area contributed by atoms with Crippen LogP contribution in [-0.2, 0) is 14.3 Å². The lowest BCUT2D eigenvalue weighted by Gasteiger charge is -2.61. The van der Waals surface area contributed by atoms with Gasteiger partial charge in [0, 0.05) is 13.3 Å². The summed E-state index contributed by atoms with van der Waals surface area (Å²) in [6, 6.07) is 0. The van der Waals surface area contributed by atoms with Crippen LogP contribution in [0.5, 0.6) is 0 Å². The van der Waals surface area contributed by atoms with Crippen molar-refractivity contribution >= 4 is 11.9 Å². The SMILES string of the molecule is CC(=O)O[C@H]1CC[C@@]2(C)[C@@H](CC[C@H]3[C@H]2CC[C@]2(C)[C@@H]3CC[C@H]2[C@H](C)CCC(=O)O)C1. The van der Waals surface area contributed by atoms with Gasteiger partial charge in [0.1, 0.15) is 6.10 Å². The molecule has 0 radical (unpaired) electrons. The maximum absolute atomic E-state index is 11.5. The number of carboxylic acids is 1. The molecule has 0 aromatic carbocycles. The lowest BCUT2D eigenvalue weighted by Crippen LogP contribution is -2.54. The molecule has 4 heteroatoms. The summed E-state index contributed by atoms with van der Waals surface area (Å²) in [6.45, 7) is 8.96. The summed E-state index contributed by atoms with van der Waals surface area (Å²) in [5.74, 6) is 3.60. The van der Waals surface area contributed by atoms with Gasteiger partial charge in [0.05, 0.1) is 0 Å². The first-order valence-corrected chi connectivity index (χ1v) is 12.5. The molecule has 0 amide bonds. The molecule has 4 fully saturated rings. The number of carboxylic acid groups (broad SMARTS) is 1. The van der Waals surface area contributed by atoms with E-state index in [2.05, 4.69) is 20.8 Å². The summed E-state index contributed by atoms with van der Waals surface area (Å²) in [4.78, 5) is 22.5. The highest BCUT2D eigenvalue weighted by atomic mass is 16.5. The van der Waals surface area contributed by atoms with Crippen LogP contribution in [0.25, 0.3) is 0 Å². The van der Waals surface area contributed by atoms with E-state index in [0.717, 1.165) is 37.0 Å². The maximum atomic E-state index is 11.5. The largest absolute Gasteiger partial charge is 0.481 e. The summed E-state index contributed by atoms with van der Waals surface area (Å²) in [5, 5.41) is 9.13. The standard InChI is InChI=1S/C26H42O4/c1-16(5-10-24(28)29)21-8-9-22-20-7-6-18-15-19(30-17(2)27)11-13-25(18,3)23(20)12-14-26(21,22)4/h16,18-23H,5-15H2,1-4H3,(H,28,29)/t16-,18+,19+,20-,21+,22-,23-,25+,26+/m1/s1. The fourth-order valence-electron chi connectivity index (χ4n) is 9.09.